The maximum atomic E-state index is 12.8. The lowest BCUT2D eigenvalue weighted by Gasteiger charge is -2.35. The third-order valence-electron chi connectivity index (χ3n) is 6.22. The number of benzene rings is 3. The van der Waals surface area contributed by atoms with Gasteiger partial charge in [0.2, 0.25) is 0 Å². The van der Waals surface area contributed by atoms with E-state index < -0.39 is 0 Å². The summed E-state index contributed by atoms with van der Waals surface area (Å²) >= 11 is 0. The Morgan fingerprint density at radius 2 is 1.69 bits per heavy atom. The molecule has 1 amide bonds. The van der Waals surface area contributed by atoms with Crippen molar-refractivity contribution in [2.45, 2.75) is 6.92 Å². The predicted octanol–water partition coefficient (Wildman–Crippen LogP) is 4.62. The van der Waals surface area contributed by atoms with Crippen LogP contribution in [0.15, 0.2) is 72.8 Å². The number of hydrogen-bond acceptors (Lipinski definition) is 4. The van der Waals surface area contributed by atoms with Crippen molar-refractivity contribution in [2.75, 3.05) is 42.9 Å². The van der Waals surface area contributed by atoms with Crippen molar-refractivity contribution < 1.29 is 4.79 Å². The molecule has 3 aromatic carbocycles. The van der Waals surface area contributed by atoms with Gasteiger partial charge in [-0.2, -0.15) is 5.10 Å². The summed E-state index contributed by atoms with van der Waals surface area (Å²) in [6, 6.07) is 24.1. The van der Waals surface area contributed by atoms with Crippen LogP contribution in [0.25, 0.3) is 22.0 Å². The van der Waals surface area contributed by atoms with Gasteiger partial charge in [0.25, 0.3) is 5.91 Å². The van der Waals surface area contributed by atoms with Crippen molar-refractivity contribution >= 4 is 28.3 Å². The lowest BCUT2D eigenvalue weighted by Crippen LogP contribution is -2.46. The number of nitrogens with one attached hydrogen (secondary N) is 2. The van der Waals surface area contributed by atoms with E-state index in [0.29, 0.717) is 11.4 Å². The molecule has 1 saturated heterocycles. The first kappa shape index (κ1) is 20.3. The van der Waals surface area contributed by atoms with E-state index in [0.717, 1.165) is 60.4 Å². The lowest BCUT2D eigenvalue weighted by atomic mass is 10.0. The molecule has 4 aromatic rings. The van der Waals surface area contributed by atoms with Gasteiger partial charge in [0.05, 0.1) is 5.52 Å². The van der Waals surface area contributed by atoms with E-state index in [1.165, 1.54) is 0 Å². The van der Waals surface area contributed by atoms with Gasteiger partial charge in [0.15, 0.2) is 5.82 Å². The molecule has 0 aliphatic carbocycles. The Morgan fingerprint density at radius 3 is 2.41 bits per heavy atom. The van der Waals surface area contributed by atoms with Gasteiger partial charge >= 0.3 is 0 Å². The Labute approximate surface area is 187 Å². The van der Waals surface area contributed by atoms with E-state index in [4.69, 9.17) is 0 Å². The van der Waals surface area contributed by atoms with Crippen molar-refractivity contribution in [1.82, 2.24) is 15.1 Å². The third-order valence-corrected chi connectivity index (χ3v) is 6.22. The molecule has 2 N–H and O–H groups in total. The molecule has 6 nitrogen and oxygen atoms in total. The molecule has 0 saturated carbocycles. The quantitative estimate of drug-likeness (QED) is 0.490. The number of fused-ring (bicyclic) bond motifs is 1. The van der Waals surface area contributed by atoms with E-state index in [-0.39, 0.29) is 5.91 Å². The number of nitrogens with zero attached hydrogens (tertiary/aromatic N) is 3. The maximum absolute atomic E-state index is 12.8. The minimum absolute atomic E-state index is 0.159. The Bertz CT molecular complexity index is 1210. The monoisotopic (exact) mass is 425 g/mol. The molecule has 32 heavy (non-hydrogen) atoms. The number of carbonyl (C=O) groups is 1. The lowest BCUT2D eigenvalue weighted by molar-refractivity contribution is 0.102. The minimum atomic E-state index is -0.159. The molecule has 6 heteroatoms. The van der Waals surface area contributed by atoms with E-state index in [1.807, 2.05) is 48.5 Å². The maximum Gasteiger partial charge on any atom is 0.256 e. The first-order chi connectivity index (χ1) is 15.7. The molecule has 0 radical (unpaired) electrons. The Hall–Kier alpha value is -3.64. The van der Waals surface area contributed by atoms with Crippen molar-refractivity contribution in [3.63, 3.8) is 0 Å². The molecule has 1 aliphatic rings. The van der Waals surface area contributed by atoms with Crippen LogP contribution in [-0.2, 0) is 0 Å². The number of piperazine rings is 1. The highest BCUT2D eigenvalue weighted by Gasteiger charge is 2.17. The van der Waals surface area contributed by atoms with Gasteiger partial charge in [-0.3, -0.25) is 9.89 Å². The highest BCUT2D eigenvalue weighted by atomic mass is 16.1. The smallest absolute Gasteiger partial charge is 0.256 e. The highest BCUT2D eigenvalue weighted by Crippen LogP contribution is 2.27. The number of H-pyrrole nitrogens is 1. The molecule has 1 aliphatic heterocycles. The van der Waals surface area contributed by atoms with Gasteiger partial charge in [-0.05, 0) is 54.1 Å². The van der Waals surface area contributed by atoms with E-state index >= 15 is 0 Å². The van der Waals surface area contributed by atoms with Gasteiger partial charge in [-0.1, -0.05) is 43.3 Å². The molecule has 0 atom stereocenters. The third kappa shape index (κ3) is 4.09. The van der Waals surface area contributed by atoms with Crippen LogP contribution < -0.4 is 10.2 Å². The zero-order valence-corrected chi connectivity index (χ0v) is 18.2. The molecular weight excluding hydrogens is 398 g/mol. The standard InChI is InChI=1S/C26H27N5O/c1-2-30-14-16-31(17-15-30)22-11-8-20(9-12-22)26(32)27-25-23-13-10-21(18-24(23)28-29-25)19-6-4-3-5-7-19/h3-13,18H,2,14-17H2,1H3,(H2,27,28,29,32). The molecule has 1 fully saturated rings. The molecule has 162 valence electrons. The number of likely N-dealkylation sites (N-methyl/N-ethyl adjacent to an activating group) is 1. The fourth-order valence-corrected chi connectivity index (χ4v) is 4.25. The fourth-order valence-electron chi connectivity index (χ4n) is 4.25. The van der Waals surface area contributed by atoms with E-state index in [1.54, 1.807) is 0 Å². The molecule has 1 aromatic heterocycles. The van der Waals surface area contributed by atoms with Crippen LogP contribution in [0, 0.1) is 0 Å². The van der Waals surface area contributed by atoms with Crippen LogP contribution in [0.4, 0.5) is 11.5 Å². The van der Waals surface area contributed by atoms with Gasteiger partial charge in [-0.25, -0.2) is 0 Å². The predicted molar refractivity (Wildman–Crippen MR) is 130 cm³/mol. The number of amides is 1. The van der Waals surface area contributed by atoms with Crippen LogP contribution in [0.2, 0.25) is 0 Å². The largest absolute Gasteiger partial charge is 0.369 e. The van der Waals surface area contributed by atoms with Gasteiger partial charge in [0.1, 0.15) is 0 Å². The van der Waals surface area contributed by atoms with Crippen LogP contribution in [-0.4, -0.2) is 53.7 Å². The second-order valence-corrected chi connectivity index (χ2v) is 8.12. The average Bonchev–Trinajstić information content (AvgIpc) is 3.26. The van der Waals surface area contributed by atoms with Gasteiger partial charge in [-0.15, -0.1) is 0 Å². The van der Waals surface area contributed by atoms with Crippen LogP contribution in [0.3, 0.4) is 0 Å². The zero-order valence-electron chi connectivity index (χ0n) is 18.2. The second kappa shape index (κ2) is 8.85. The molecule has 5 rings (SSSR count). The summed E-state index contributed by atoms with van der Waals surface area (Å²) < 4.78 is 0. The molecule has 0 unspecified atom stereocenters. The van der Waals surface area contributed by atoms with Crippen molar-refractivity contribution in [3.8, 4) is 11.1 Å². The normalized spacial score (nSPS) is 14.6. The van der Waals surface area contributed by atoms with E-state index in [9.17, 15) is 4.79 Å². The zero-order chi connectivity index (χ0) is 21.9. The molecule has 2 heterocycles. The van der Waals surface area contributed by atoms with Gasteiger partial charge < -0.3 is 15.1 Å². The Kier molecular flexibility index (Phi) is 5.60. The molecule has 0 bridgehead atoms. The van der Waals surface area contributed by atoms with Gasteiger partial charge in [0, 0.05) is 42.8 Å². The average molecular weight is 426 g/mol. The highest BCUT2D eigenvalue weighted by molar-refractivity contribution is 6.08. The van der Waals surface area contributed by atoms with E-state index in [2.05, 4.69) is 56.5 Å². The summed E-state index contributed by atoms with van der Waals surface area (Å²) in [5.41, 5.74) is 4.93. The number of carbonyl (C=O) groups excluding carboxylic acids is 1. The number of anilines is 2. The summed E-state index contributed by atoms with van der Waals surface area (Å²) in [6.45, 7) is 7.50. The summed E-state index contributed by atoms with van der Waals surface area (Å²) in [5.74, 6) is 0.386. The summed E-state index contributed by atoms with van der Waals surface area (Å²) in [4.78, 5) is 17.7. The van der Waals surface area contributed by atoms with Crippen molar-refractivity contribution in [3.05, 3.63) is 78.4 Å². The molecular formula is C26H27N5O. The van der Waals surface area contributed by atoms with Crippen LogP contribution in [0.5, 0.6) is 0 Å². The van der Waals surface area contributed by atoms with Crippen molar-refractivity contribution in [2.24, 2.45) is 0 Å². The number of rotatable bonds is 5. The Morgan fingerprint density at radius 1 is 0.938 bits per heavy atom. The number of aromatic amines is 1. The minimum Gasteiger partial charge on any atom is -0.369 e. The summed E-state index contributed by atoms with van der Waals surface area (Å²) in [7, 11) is 0. The Balaban J connectivity index is 1.28. The van der Waals surface area contributed by atoms with Crippen LogP contribution >= 0.6 is 0 Å². The topological polar surface area (TPSA) is 64.3 Å². The van der Waals surface area contributed by atoms with Crippen LogP contribution in [0.1, 0.15) is 17.3 Å². The van der Waals surface area contributed by atoms with Crippen molar-refractivity contribution in [1.29, 1.82) is 0 Å². The number of aromatic nitrogens is 2. The second-order valence-electron chi connectivity index (χ2n) is 8.12. The first-order valence-corrected chi connectivity index (χ1v) is 11.1. The summed E-state index contributed by atoms with van der Waals surface area (Å²) in [5, 5.41) is 11.2. The molecule has 0 spiro atoms. The fraction of sp³-hybridized carbons (Fsp3) is 0.231. The first-order valence-electron chi connectivity index (χ1n) is 11.1. The number of hydrogen-bond donors (Lipinski definition) is 2. The summed E-state index contributed by atoms with van der Waals surface area (Å²) in [6.07, 6.45) is 0. The SMILES string of the molecule is CCN1CCN(c2ccc(C(=O)Nc3n[nH]c4cc(-c5ccccc5)ccc34)cc2)CC1.